The lowest BCUT2D eigenvalue weighted by Gasteiger charge is -2.19. The third-order valence-corrected chi connectivity index (χ3v) is 2.20. The minimum atomic E-state index is -0.116. The molecule has 0 aliphatic carbocycles. The Morgan fingerprint density at radius 1 is 1.47 bits per heavy atom. The molecule has 0 rings (SSSR count). The van der Waals surface area contributed by atoms with Gasteiger partial charge in [-0.25, -0.2) is 0 Å². The van der Waals surface area contributed by atoms with Gasteiger partial charge >= 0.3 is 5.97 Å². The van der Waals surface area contributed by atoms with E-state index in [0.29, 0.717) is 13.0 Å². The van der Waals surface area contributed by atoms with E-state index in [0.717, 1.165) is 12.8 Å². The van der Waals surface area contributed by atoms with Crippen molar-refractivity contribution in [3.05, 3.63) is 24.8 Å². The van der Waals surface area contributed by atoms with Crippen molar-refractivity contribution in [2.45, 2.75) is 40.0 Å². The summed E-state index contributed by atoms with van der Waals surface area (Å²) in [6.45, 7) is 10.3. The summed E-state index contributed by atoms with van der Waals surface area (Å²) in [5.74, 6) is -0.116. The van der Waals surface area contributed by atoms with Crippen LogP contribution < -0.4 is 0 Å². The van der Waals surface area contributed by atoms with Gasteiger partial charge in [-0.15, -0.1) is 0 Å². The van der Waals surface area contributed by atoms with Gasteiger partial charge in [0.25, 0.3) is 0 Å². The summed E-state index contributed by atoms with van der Waals surface area (Å²) < 4.78 is 5.01. The number of allylic oxidation sites excluding steroid dienone is 3. The SMILES string of the molecule is C=C/C=C/C(C)(C)CCCOC(=O)CC. The van der Waals surface area contributed by atoms with Gasteiger partial charge in [0.1, 0.15) is 0 Å². The van der Waals surface area contributed by atoms with E-state index in [9.17, 15) is 4.79 Å². The van der Waals surface area contributed by atoms with Gasteiger partial charge in [0, 0.05) is 6.42 Å². The Kier molecular flexibility index (Phi) is 6.76. The normalized spacial score (nSPS) is 11.7. The maximum atomic E-state index is 10.9. The fraction of sp³-hybridized carbons (Fsp3) is 0.615. The molecule has 0 aromatic carbocycles. The highest BCUT2D eigenvalue weighted by Crippen LogP contribution is 2.23. The van der Waals surface area contributed by atoms with Crippen LogP contribution in [0.3, 0.4) is 0 Å². The molecule has 0 unspecified atom stereocenters. The number of carbonyl (C=O) groups is 1. The van der Waals surface area contributed by atoms with Crippen molar-refractivity contribution < 1.29 is 9.53 Å². The second kappa shape index (κ2) is 7.27. The van der Waals surface area contributed by atoms with Crippen LogP contribution in [0.25, 0.3) is 0 Å². The molecule has 0 saturated carbocycles. The van der Waals surface area contributed by atoms with Gasteiger partial charge in [-0.3, -0.25) is 4.79 Å². The van der Waals surface area contributed by atoms with E-state index in [-0.39, 0.29) is 11.4 Å². The van der Waals surface area contributed by atoms with Crippen LogP contribution in [-0.2, 0) is 9.53 Å². The zero-order chi connectivity index (χ0) is 11.7. The average molecular weight is 210 g/mol. The Bertz CT molecular complexity index is 227. The van der Waals surface area contributed by atoms with Gasteiger partial charge in [-0.2, -0.15) is 0 Å². The number of hydrogen-bond donors (Lipinski definition) is 0. The molecule has 0 aromatic heterocycles. The molecule has 0 atom stereocenters. The van der Waals surface area contributed by atoms with Gasteiger partial charge < -0.3 is 4.74 Å². The molecule has 2 nitrogen and oxygen atoms in total. The maximum Gasteiger partial charge on any atom is 0.305 e. The molecule has 86 valence electrons. The quantitative estimate of drug-likeness (QED) is 0.365. The van der Waals surface area contributed by atoms with Crippen molar-refractivity contribution in [3.63, 3.8) is 0 Å². The van der Waals surface area contributed by atoms with Crippen LogP contribution in [0.1, 0.15) is 40.0 Å². The predicted molar refractivity (Wildman–Crippen MR) is 63.6 cm³/mol. The molecule has 15 heavy (non-hydrogen) atoms. The molecule has 2 heteroatoms. The molecule has 0 N–H and O–H groups in total. The Morgan fingerprint density at radius 2 is 2.13 bits per heavy atom. The maximum absolute atomic E-state index is 10.9. The summed E-state index contributed by atoms with van der Waals surface area (Å²) in [7, 11) is 0. The number of carbonyl (C=O) groups excluding carboxylic acids is 1. The summed E-state index contributed by atoms with van der Waals surface area (Å²) in [4.78, 5) is 10.9. The van der Waals surface area contributed by atoms with Crippen LogP contribution in [0.2, 0.25) is 0 Å². The Hall–Kier alpha value is -1.05. The second-order valence-electron chi connectivity index (χ2n) is 4.26. The van der Waals surface area contributed by atoms with E-state index in [1.807, 2.05) is 6.08 Å². The monoisotopic (exact) mass is 210 g/mol. The van der Waals surface area contributed by atoms with E-state index in [1.165, 1.54) is 0 Å². The molecule has 0 fully saturated rings. The summed E-state index contributed by atoms with van der Waals surface area (Å²) in [6.07, 6.45) is 8.23. The van der Waals surface area contributed by atoms with Crippen LogP contribution >= 0.6 is 0 Å². The summed E-state index contributed by atoms with van der Waals surface area (Å²) >= 11 is 0. The minimum absolute atomic E-state index is 0.116. The van der Waals surface area contributed by atoms with Crippen molar-refractivity contribution >= 4 is 5.97 Å². The lowest BCUT2D eigenvalue weighted by molar-refractivity contribution is -0.143. The molecule has 0 spiro atoms. The Labute approximate surface area is 93.0 Å². The molecule has 0 aliphatic heterocycles. The highest BCUT2D eigenvalue weighted by molar-refractivity contribution is 5.68. The number of ether oxygens (including phenoxy) is 1. The summed E-state index contributed by atoms with van der Waals surface area (Å²) in [6, 6.07) is 0. The largest absolute Gasteiger partial charge is 0.466 e. The van der Waals surface area contributed by atoms with Gasteiger partial charge in [0.2, 0.25) is 0 Å². The second-order valence-corrected chi connectivity index (χ2v) is 4.26. The Morgan fingerprint density at radius 3 is 2.67 bits per heavy atom. The Balaban J connectivity index is 3.70. The van der Waals surface area contributed by atoms with E-state index >= 15 is 0 Å². The first-order valence-corrected chi connectivity index (χ1v) is 5.47. The topological polar surface area (TPSA) is 26.3 Å². The highest BCUT2D eigenvalue weighted by atomic mass is 16.5. The fourth-order valence-corrected chi connectivity index (χ4v) is 1.23. The van der Waals surface area contributed by atoms with E-state index in [4.69, 9.17) is 4.74 Å². The van der Waals surface area contributed by atoms with E-state index < -0.39 is 0 Å². The number of rotatable bonds is 7. The number of esters is 1. The van der Waals surface area contributed by atoms with Gasteiger partial charge in [-0.1, -0.05) is 45.6 Å². The molecular formula is C13H22O2. The third-order valence-electron chi connectivity index (χ3n) is 2.20. The van der Waals surface area contributed by atoms with Gasteiger partial charge in [-0.05, 0) is 18.3 Å². The van der Waals surface area contributed by atoms with Crippen LogP contribution in [0.4, 0.5) is 0 Å². The molecule has 0 aliphatic rings. The standard InChI is InChI=1S/C13H22O2/c1-5-7-9-13(3,4)10-8-11-15-12(14)6-2/h5,7,9H,1,6,8,10-11H2,2-4H3/b9-7+. The third kappa shape index (κ3) is 7.98. The molecule has 0 heterocycles. The van der Waals surface area contributed by atoms with Crippen LogP contribution in [0.5, 0.6) is 0 Å². The first kappa shape index (κ1) is 13.9. The molecule has 0 aromatic rings. The van der Waals surface area contributed by atoms with Crippen LogP contribution in [0, 0.1) is 5.41 Å². The van der Waals surface area contributed by atoms with Crippen molar-refractivity contribution in [1.29, 1.82) is 0 Å². The van der Waals surface area contributed by atoms with Crippen molar-refractivity contribution in [1.82, 2.24) is 0 Å². The highest BCUT2D eigenvalue weighted by Gasteiger charge is 2.12. The minimum Gasteiger partial charge on any atom is -0.466 e. The first-order chi connectivity index (χ1) is 7.02. The fourth-order valence-electron chi connectivity index (χ4n) is 1.23. The van der Waals surface area contributed by atoms with Crippen molar-refractivity contribution in [2.75, 3.05) is 6.61 Å². The van der Waals surface area contributed by atoms with Crippen LogP contribution in [-0.4, -0.2) is 12.6 Å². The smallest absolute Gasteiger partial charge is 0.305 e. The summed E-state index contributed by atoms with van der Waals surface area (Å²) in [5.41, 5.74) is 0.146. The zero-order valence-electron chi connectivity index (χ0n) is 10.1. The molecular weight excluding hydrogens is 188 g/mol. The van der Waals surface area contributed by atoms with Gasteiger partial charge in [0.15, 0.2) is 0 Å². The molecule has 0 amide bonds. The van der Waals surface area contributed by atoms with Crippen molar-refractivity contribution in [2.24, 2.45) is 5.41 Å². The summed E-state index contributed by atoms with van der Waals surface area (Å²) in [5, 5.41) is 0. The van der Waals surface area contributed by atoms with Crippen LogP contribution in [0.15, 0.2) is 24.8 Å². The molecule has 0 saturated heterocycles. The van der Waals surface area contributed by atoms with Crippen molar-refractivity contribution in [3.8, 4) is 0 Å². The van der Waals surface area contributed by atoms with Gasteiger partial charge in [0.05, 0.1) is 6.61 Å². The molecule has 0 bridgehead atoms. The molecule has 0 radical (unpaired) electrons. The first-order valence-electron chi connectivity index (χ1n) is 5.47. The lowest BCUT2D eigenvalue weighted by Crippen LogP contribution is -2.10. The average Bonchev–Trinajstić information content (AvgIpc) is 2.21. The zero-order valence-corrected chi connectivity index (χ0v) is 10.1. The van der Waals surface area contributed by atoms with E-state index in [1.54, 1.807) is 13.0 Å². The predicted octanol–water partition coefficient (Wildman–Crippen LogP) is 3.49. The van der Waals surface area contributed by atoms with E-state index in [2.05, 4.69) is 26.5 Å². The number of hydrogen-bond acceptors (Lipinski definition) is 2. The lowest BCUT2D eigenvalue weighted by atomic mass is 9.87.